The van der Waals surface area contributed by atoms with Crippen molar-refractivity contribution in [3.63, 3.8) is 0 Å². The van der Waals surface area contributed by atoms with Crippen LogP contribution >= 0.6 is 47.2 Å². The second-order valence-electron chi connectivity index (χ2n) is 5.90. The number of hydrogen-bond donors (Lipinski definition) is 1. The molecule has 1 fully saturated rings. The number of nitrogens with one attached hydrogen (secondary N) is 1. The van der Waals surface area contributed by atoms with E-state index in [2.05, 4.69) is 11.4 Å². The van der Waals surface area contributed by atoms with Gasteiger partial charge in [-0.15, -0.1) is 0 Å². The largest absolute Gasteiger partial charge is 0.367 e. The lowest BCUT2D eigenvalue weighted by molar-refractivity contribution is -0.121. The predicted molar refractivity (Wildman–Crippen MR) is 116 cm³/mol. The van der Waals surface area contributed by atoms with Crippen LogP contribution in [0.2, 0.25) is 10.0 Å². The molecule has 1 aliphatic heterocycles. The van der Waals surface area contributed by atoms with Crippen molar-refractivity contribution in [3.8, 4) is 0 Å². The summed E-state index contributed by atoms with van der Waals surface area (Å²) in [6.45, 7) is 4.38. The summed E-state index contributed by atoms with van der Waals surface area (Å²) in [4.78, 5) is 14.8. The van der Waals surface area contributed by atoms with Gasteiger partial charge in [0, 0.05) is 21.3 Å². The van der Waals surface area contributed by atoms with Gasteiger partial charge in [0.1, 0.15) is 4.32 Å². The zero-order valence-electron chi connectivity index (χ0n) is 14.2. The SMILES string of the molecule is Cc1ccc(NCN2C(=O)/C(=C\c3c(Cl)cccc3Cl)SC2=S)c(C)c1. The number of benzene rings is 2. The molecule has 3 rings (SSSR count). The molecule has 1 N–H and O–H groups in total. The fraction of sp³-hybridized carbons (Fsp3) is 0.158. The second kappa shape index (κ2) is 8.01. The molecule has 2 aromatic carbocycles. The van der Waals surface area contributed by atoms with Crippen molar-refractivity contribution in [2.24, 2.45) is 0 Å². The Morgan fingerprint density at radius 2 is 1.88 bits per heavy atom. The molecular formula is C19H16Cl2N2OS2. The average Bonchev–Trinajstić information content (AvgIpc) is 2.84. The maximum Gasteiger partial charge on any atom is 0.267 e. The molecule has 1 aliphatic rings. The lowest BCUT2D eigenvalue weighted by Gasteiger charge is -2.17. The van der Waals surface area contributed by atoms with Crippen LogP contribution in [0.5, 0.6) is 0 Å². The maximum atomic E-state index is 12.7. The number of amides is 1. The molecule has 0 aromatic heterocycles. The highest BCUT2D eigenvalue weighted by Gasteiger charge is 2.32. The lowest BCUT2D eigenvalue weighted by Crippen LogP contribution is -2.33. The molecule has 1 amide bonds. The molecule has 1 saturated heterocycles. The Morgan fingerprint density at radius 1 is 1.19 bits per heavy atom. The van der Waals surface area contributed by atoms with Crippen LogP contribution in [0.25, 0.3) is 6.08 Å². The smallest absolute Gasteiger partial charge is 0.267 e. The third-order valence-electron chi connectivity index (χ3n) is 3.96. The van der Waals surface area contributed by atoms with Crippen molar-refractivity contribution in [1.82, 2.24) is 4.90 Å². The van der Waals surface area contributed by atoms with E-state index >= 15 is 0 Å². The summed E-state index contributed by atoms with van der Waals surface area (Å²) in [6, 6.07) is 11.4. The average molecular weight is 423 g/mol. The number of aryl methyl sites for hydroxylation is 2. The molecule has 0 saturated carbocycles. The highest BCUT2D eigenvalue weighted by molar-refractivity contribution is 8.26. The Hall–Kier alpha value is -1.53. The Morgan fingerprint density at radius 3 is 2.54 bits per heavy atom. The molecular weight excluding hydrogens is 407 g/mol. The van der Waals surface area contributed by atoms with Gasteiger partial charge < -0.3 is 5.32 Å². The van der Waals surface area contributed by atoms with Gasteiger partial charge in [0.25, 0.3) is 5.91 Å². The van der Waals surface area contributed by atoms with Gasteiger partial charge in [-0.05, 0) is 43.7 Å². The van der Waals surface area contributed by atoms with Crippen LogP contribution < -0.4 is 5.32 Å². The van der Waals surface area contributed by atoms with Crippen molar-refractivity contribution >= 4 is 69.2 Å². The summed E-state index contributed by atoms with van der Waals surface area (Å²) >= 11 is 19.0. The van der Waals surface area contributed by atoms with E-state index in [1.165, 1.54) is 22.2 Å². The van der Waals surface area contributed by atoms with Crippen molar-refractivity contribution < 1.29 is 4.79 Å². The Balaban J connectivity index is 1.78. The number of anilines is 1. The standard InChI is InChI=1S/C19H16Cl2N2OS2/c1-11-6-7-16(12(2)8-11)22-10-23-18(24)17(26-19(23)25)9-13-14(20)4-3-5-15(13)21/h3-9,22H,10H2,1-2H3/b17-9+. The van der Waals surface area contributed by atoms with Gasteiger partial charge in [-0.25, -0.2) is 0 Å². The van der Waals surface area contributed by atoms with Crippen LogP contribution in [-0.4, -0.2) is 21.8 Å². The highest BCUT2D eigenvalue weighted by Crippen LogP contribution is 2.35. The normalized spacial score (nSPS) is 15.8. The van der Waals surface area contributed by atoms with Crippen LogP contribution in [0.1, 0.15) is 16.7 Å². The van der Waals surface area contributed by atoms with E-state index in [4.69, 9.17) is 35.4 Å². The first-order valence-corrected chi connectivity index (χ1v) is 9.85. The minimum absolute atomic E-state index is 0.159. The van der Waals surface area contributed by atoms with Gasteiger partial charge in [-0.1, -0.05) is 70.9 Å². The van der Waals surface area contributed by atoms with Crippen LogP contribution in [0, 0.1) is 13.8 Å². The number of hydrogen-bond acceptors (Lipinski definition) is 4. The summed E-state index contributed by atoms with van der Waals surface area (Å²) in [5.74, 6) is -0.159. The van der Waals surface area contributed by atoms with Crippen LogP contribution in [0.3, 0.4) is 0 Å². The fourth-order valence-electron chi connectivity index (χ4n) is 2.59. The predicted octanol–water partition coefficient (Wildman–Crippen LogP) is 5.88. The molecule has 26 heavy (non-hydrogen) atoms. The van der Waals surface area contributed by atoms with Gasteiger partial charge in [-0.2, -0.15) is 0 Å². The molecule has 0 radical (unpaired) electrons. The van der Waals surface area contributed by atoms with E-state index < -0.39 is 0 Å². The number of thiocarbonyl (C=S) groups is 1. The van der Waals surface area contributed by atoms with Gasteiger partial charge in [-0.3, -0.25) is 9.69 Å². The van der Waals surface area contributed by atoms with Gasteiger partial charge >= 0.3 is 0 Å². The molecule has 0 bridgehead atoms. The van der Waals surface area contributed by atoms with Gasteiger partial charge in [0.2, 0.25) is 0 Å². The number of carbonyl (C=O) groups is 1. The van der Waals surface area contributed by atoms with Crippen LogP contribution in [-0.2, 0) is 4.79 Å². The third-order valence-corrected chi connectivity index (χ3v) is 6.00. The number of carbonyl (C=O) groups excluding carboxylic acids is 1. The monoisotopic (exact) mass is 422 g/mol. The zero-order valence-corrected chi connectivity index (χ0v) is 17.3. The summed E-state index contributed by atoms with van der Waals surface area (Å²) < 4.78 is 0.502. The van der Waals surface area contributed by atoms with Crippen molar-refractivity contribution in [3.05, 3.63) is 68.0 Å². The number of thioether (sulfide) groups is 1. The molecule has 0 atom stereocenters. The van der Waals surface area contributed by atoms with Crippen molar-refractivity contribution in [2.45, 2.75) is 13.8 Å². The molecule has 0 spiro atoms. The van der Waals surface area contributed by atoms with E-state index in [9.17, 15) is 4.79 Å². The van der Waals surface area contributed by atoms with E-state index in [1.807, 2.05) is 26.0 Å². The van der Waals surface area contributed by atoms with E-state index in [0.29, 0.717) is 31.5 Å². The summed E-state index contributed by atoms with van der Waals surface area (Å²) in [5.41, 5.74) is 3.91. The topological polar surface area (TPSA) is 32.3 Å². The molecule has 7 heteroatoms. The number of halogens is 2. The molecule has 134 valence electrons. The summed E-state index contributed by atoms with van der Waals surface area (Å²) in [5, 5.41) is 4.27. The zero-order chi connectivity index (χ0) is 18.8. The molecule has 0 aliphatic carbocycles. The van der Waals surface area contributed by atoms with E-state index in [-0.39, 0.29) is 5.91 Å². The first kappa shape index (κ1) is 19.2. The Labute approximate surface area is 172 Å². The quantitative estimate of drug-likeness (QED) is 0.492. The lowest BCUT2D eigenvalue weighted by atomic mass is 10.1. The first-order chi connectivity index (χ1) is 12.4. The van der Waals surface area contributed by atoms with Crippen molar-refractivity contribution in [2.75, 3.05) is 12.0 Å². The van der Waals surface area contributed by atoms with Crippen LogP contribution in [0.4, 0.5) is 5.69 Å². The molecule has 0 unspecified atom stereocenters. The summed E-state index contributed by atoms with van der Waals surface area (Å²) in [6.07, 6.45) is 1.70. The third kappa shape index (κ3) is 4.07. The first-order valence-electron chi connectivity index (χ1n) is 7.87. The van der Waals surface area contributed by atoms with Gasteiger partial charge in [0.15, 0.2) is 0 Å². The highest BCUT2D eigenvalue weighted by atomic mass is 35.5. The van der Waals surface area contributed by atoms with E-state index in [0.717, 1.165) is 11.3 Å². The summed E-state index contributed by atoms with van der Waals surface area (Å²) in [7, 11) is 0. The maximum absolute atomic E-state index is 12.7. The van der Waals surface area contributed by atoms with E-state index in [1.54, 1.807) is 24.3 Å². The minimum Gasteiger partial charge on any atom is -0.367 e. The molecule has 3 nitrogen and oxygen atoms in total. The Bertz CT molecular complexity index is 908. The molecule has 1 heterocycles. The Kier molecular flexibility index (Phi) is 5.92. The second-order valence-corrected chi connectivity index (χ2v) is 8.39. The number of rotatable bonds is 4. The van der Waals surface area contributed by atoms with Crippen molar-refractivity contribution in [1.29, 1.82) is 0 Å². The van der Waals surface area contributed by atoms with Crippen LogP contribution in [0.15, 0.2) is 41.3 Å². The fourth-order valence-corrected chi connectivity index (χ4v) is 4.34. The number of nitrogens with zero attached hydrogens (tertiary/aromatic N) is 1. The minimum atomic E-state index is -0.159. The van der Waals surface area contributed by atoms with Gasteiger partial charge in [0.05, 0.1) is 11.6 Å². The molecule has 2 aromatic rings.